The van der Waals surface area contributed by atoms with Gasteiger partial charge in [0.15, 0.2) is 5.90 Å². The standard InChI is InChI=1S/C13H21NO3/c1-10(15)5-6-11(2)16-8-7-12-14-13(3,4)9-17-12/h10-11,15H,7-9H2,1-4H3. The highest BCUT2D eigenvalue weighted by molar-refractivity contribution is 5.78. The second-order valence-corrected chi connectivity index (χ2v) is 4.83. The number of hydrogen-bond donors (Lipinski definition) is 1. The molecule has 1 heterocycles. The number of aliphatic hydroxyl groups excluding tert-OH is 1. The zero-order chi connectivity index (χ0) is 12.9. The highest BCUT2D eigenvalue weighted by atomic mass is 16.5. The van der Waals surface area contributed by atoms with Crippen LogP contribution in [-0.4, -0.2) is 42.0 Å². The maximum absolute atomic E-state index is 8.99. The second kappa shape index (κ2) is 6.04. The fourth-order valence-corrected chi connectivity index (χ4v) is 1.39. The summed E-state index contributed by atoms with van der Waals surface area (Å²) in [6.45, 7) is 8.74. The third-order valence-electron chi connectivity index (χ3n) is 2.20. The molecular weight excluding hydrogens is 218 g/mol. The minimum Gasteiger partial charge on any atom is -0.478 e. The molecule has 1 rings (SSSR count). The highest BCUT2D eigenvalue weighted by Gasteiger charge is 2.25. The van der Waals surface area contributed by atoms with E-state index >= 15 is 0 Å². The van der Waals surface area contributed by atoms with Crippen molar-refractivity contribution in [2.45, 2.75) is 51.9 Å². The molecule has 2 atom stereocenters. The van der Waals surface area contributed by atoms with Crippen LogP contribution in [0.2, 0.25) is 0 Å². The zero-order valence-corrected chi connectivity index (χ0v) is 11.0. The average molecular weight is 239 g/mol. The lowest BCUT2D eigenvalue weighted by Gasteiger charge is -2.07. The molecule has 0 bridgehead atoms. The maximum atomic E-state index is 8.99. The van der Waals surface area contributed by atoms with E-state index in [9.17, 15) is 0 Å². The van der Waals surface area contributed by atoms with Gasteiger partial charge in [0.05, 0.1) is 12.1 Å². The van der Waals surface area contributed by atoms with Crippen LogP contribution in [0.15, 0.2) is 4.99 Å². The van der Waals surface area contributed by atoms with Gasteiger partial charge >= 0.3 is 0 Å². The van der Waals surface area contributed by atoms with Gasteiger partial charge in [0, 0.05) is 6.42 Å². The monoisotopic (exact) mass is 239 g/mol. The van der Waals surface area contributed by atoms with Gasteiger partial charge in [0.25, 0.3) is 0 Å². The van der Waals surface area contributed by atoms with Crippen LogP contribution < -0.4 is 0 Å². The van der Waals surface area contributed by atoms with E-state index in [1.165, 1.54) is 0 Å². The van der Waals surface area contributed by atoms with E-state index in [1.807, 2.05) is 20.8 Å². The lowest BCUT2D eigenvalue weighted by atomic mass is 10.1. The topological polar surface area (TPSA) is 51.0 Å². The summed E-state index contributed by atoms with van der Waals surface area (Å²) >= 11 is 0. The first kappa shape index (κ1) is 14.0. The van der Waals surface area contributed by atoms with Crippen LogP contribution in [-0.2, 0) is 9.47 Å². The van der Waals surface area contributed by atoms with Gasteiger partial charge < -0.3 is 14.6 Å². The van der Waals surface area contributed by atoms with Gasteiger partial charge in [-0.1, -0.05) is 11.8 Å². The smallest absolute Gasteiger partial charge is 0.186 e. The van der Waals surface area contributed by atoms with Gasteiger partial charge in [-0.25, -0.2) is 4.99 Å². The number of rotatable bonds is 4. The van der Waals surface area contributed by atoms with Crippen molar-refractivity contribution in [2.75, 3.05) is 13.2 Å². The van der Waals surface area contributed by atoms with E-state index in [-0.39, 0.29) is 11.6 Å². The molecule has 17 heavy (non-hydrogen) atoms. The van der Waals surface area contributed by atoms with Crippen molar-refractivity contribution in [3.8, 4) is 11.8 Å². The Morgan fingerprint density at radius 1 is 1.47 bits per heavy atom. The fraction of sp³-hybridized carbons (Fsp3) is 0.769. The first-order valence-electron chi connectivity index (χ1n) is 5.91. The summed E-state index contributed by atoms with van der Waals surface area (Å²) < 4.78 is 10.9. The van der Waals surface area contributed by atoms with Crippen molar-refractivity contribution in [2.24, 2.45) is 4.99 Å². The van der Waals surface area contributed by atoms with E-state index in [4.69, 9.17) is 14.6 Å². The molecule has 4 heteroatoms. The van der Waals surface area contributed by atoms with Gasteiger partial charge in [-0.2, -0.15) is 0 Å². The predicted octanol–water partition coefficient (Wildman–Crippen LogP) is 1.37. The Hall–Kier alpha value is -1.05. The number of ether oxygens (including phenoxy) is 2. The first-order valence-corrected chi connectivity index (χ1v) is 5.91. The number of aliphatic hydroxyl groups is 1. The molecule has 96 valence electrons. The Kier molecular flexibility index (Phi) is 4.98. The molecule has 0 aromatic heterocycles. The van der Waals surface area contributed by atoms with Gasteiger partial charge in [-0.3, -0.25) is 0 Å². The third kappa shape index (κ3) is 5.71. The Morgan fingerprint density at radius 2 is 2.18 bits per heavy atom. The summed E-state index contributed by atoms with van der Waals surface area (Å²) in [5.41, 5.74) is -0.104. The predicted molar refractivity (Wildman–Crippen MR) is 67.0 cm³/mol. The molecule has 4 nitrogen and oxygen atoms in total. The molecule has 0 spiro atoms. The van der Waals surface area contributed by atoms with Crippen LogP contribution in [0.1, 0.15) is 34.1 Å². The number of aliphatic imine (C=N–C) groups is 1. The largest absolute Gasteiger partial charge is 0.478 e. The van der Waals surface area contributed by atoms with Gasteiger partial charge in [0.1, 0.15) is 18.8 Å². The minimum absolute atomic E-state index is 0.104. The summed E-state index contributed by atoms with van der Waals surface area (Å²) in [4.78, 5) is 4.43. The molecule has 0 saturated carbocycles. The Bertz CT molecular complexity index is 336. The van der Waals surface area contributed by atoms with Crippen molar-refractivity contribution < 1.29 is 14.6 Å². The van der Waals surface area contributed by atoms with Gasteiger partial charge in [-0.05, 0) is 27.7 Å². The van der Waals surface area contributed by atoms with E-state index in [0.29, 0.717) is 19.6 Å². The second-order valence-electron chi connectivity index (χ2n) is 4.83. The molecular formula is C13H21NO3. The maximum Gasteiger partial charge on any atom is 0.186 e. The first-order chi connectivity index (χ1) is 7.89. The summed E-state index contributed by atoms with van der Waals surface area (Å²) in [6, 6.07) is 0. The SMILES string of the molecule is CC(O)C#CC(C)OCCC1=NC(C)(C)CO1. The molecule has 0 saturated heterocycles. The summed E-state index contributed by atoms with van der Waals surface area (Å²) in [5, 5.41) is 8.99. The van der Waals surface area contributed by atoms with Crippen molar-refractivity contribution in [1.29, 1.82) is 0 Å². The number of hydrogen-bond acceptors (Lipinski definition) is 4. The van der Waals surface area contributed by atoms with Crippen LogP contribution in [0.25, 0.3) is 0 Å². The molecule has 0 radical (unpaired) electrons. The fourth-order valence-electron chi connectivity index (χ4n) is 1.39. The third-order valence-corrected chi connectivity index (χ3v) is 2.20. The molecule has 1 N–H and O–H groups in total. The normalized spacial score (nSPS) is 20.9. The van der Waals surface area contributed by atoms with Crippen LogP contribution in [0.4, 0.5) is 0 Å². The highest BCUT2D eigenvalue weighted by Crippen LogP contribution is 2.18. The zero-order valence-electron chi connectivity index (χ0n) is 11.0. The molecule has 0 fully saturated rings. The summed E-state index contributed by atoms with van der Waals surface area (Å²) in [6.07, 6.45) is -0.117. The molecule has 0 aromatic rings. The van der Waals surface area contributed by atoms with Crippen molar-refractivity contribution in [3.63, 3.8) is 0 Å². The van der Waals surface area contributed by atoms with Gasteiger partial charge in [0.2, 0.25) is 0 Å². The molecule has 1 aliphatic rings. The molecule has 0 aromatic carbocycles. The Labute approximate surface area is 103 Å². The summed E-state index contributed by atoms with van der Waals surface area (Å²) in [5.74, 6) is 6.23. The van der Waals surface area contributed by atoms with Crippen molar-refractivity contribution in [1.82, 2.24) is 0 Å². The molecule has 1 aliphatic heterocycles. The van der Waals surface area contributed by atoms with Crippen LogP contribution in [0, 0.1) is 11.8 Å². The lowest BCUT2D eigenvalue weighted by molar-refractivity contribution is 0.106. The lowest BCUT2D eigenvalue weighted by Crippen LogP contribution is -2.17. The average Bonchev–Trinajstić information content (AvgIpc) is 2.55. The van der Waals surface area contributed by atoms with Crippen LogP contribution in [0.3, 0.4) is 0 Å². The van der Waals surface area contributed by atoms with Crippen LogP contribution in [0.5, 0.6) is 0 Å². The molecule has 0 amide bonds. The van der Waals surface area contributed by atoms with Gasteiger partial charge in [-0.15, -0.1) is 0 Å². The Morgan fingerprint density at radius 3 is 2.71 bits per heavy atom. The number of nitrogens with zero attached hydrogens (tertiary/aromatic N) is 1. The molecule has 2 unspecified atom stereocenters. The van der Waals surface area contributed by atoms with E-state index in [2.05, 4.69) is 16.8 Å². The van der Waals surface area contributed by atoms with Crippen LogP contribution >= 0.6 is 0 Å². The minimum atomic E-state index is -0.607. The molecule has 0 aliphatic carbocycles. The Balaban J connectivity index is 2.23. The quantitative estimate of drug-likeness (QED) is 0.754. The van der Waals surface area contributed by atoms with E-state index in [1.54, 1.807) is 6.92 Å². The van der Waals surface area contributed by atoms with E-state index in [0.717, 1.165) is 5.90 Å². The van der Waals surface area contributed by atoms with E-state index < -0.39 is 6.10 Å². The van der Waals surface area contributed by atoms with Crippen molar-refractivity contribution >= 4 is 5.90 Å². The summed E-state index contributed by atoms with van der Waals surface area (Å²) in [7, 11) is 0. The van der Waals surface area contributed by atoms with Crippen molar-refractivity contribution in [3.05, 3.63) is 0 Å².